The van der Waals surface area contributed by atoms with E-state index in [1.54, 1.807) is 50.4 Å². The van der Waals surface area contributed by atoms with E-state index in [-0.39, 0.29) is 23.4 Å². The van der Waals surface area contributed by atoms with Gasteiger partial charge in [-0.1, -0.05) is 72.3 Å². The van der Waals surface area contributed by atoms with Gasteiger partial charge in [0, 0.05) is 23.1 Å². The van der Waals surface area contributed by atoms with Crippen LogP contribution in [0.5, 0.6) is 0 Å². The van der Waals surface area contributed by atoms with Crippen LogP contribution in [0, 0.1) is 6.92 Å². The summed E-state index contributed by atoms with van der Waals surface area (Å²) in [4.78, 5) is 12.6. The molecule has 0 radical (unpaired) electrons. The maximum atomic E-state index is 13.6. The smallest absolute Gasteiger partial charge is 0.333 e. The lowest BCUT2D eigenvalue weighted by Crippen LogP contribution is -2.12. The van der Waals surface area contributed by atoms with Crippen LogP contribution in [0.15, 0.2) is 102 Å². The molecular weight excluding hydrogens is 446 g/mol. The Kier molecular flexibility index (Phi) is 6.70. The first kappa shape index (κ1) is 23.5. The fraction of sp³-hybridized carbons (Fsp3) is 0.179. The van der Waals surface area contributed by atoms with Crippen molar-refractivity contribution in [3.63, 3.8) is 0 Å². The van der Waals surface area contributed by atoms with Crippen molar-refractivity contribution in [1.29, 1.82) is 0 Å². The standard InChI is InChI=1S/C28H27NO4S/c1-4-33-28(30)21(3)18-25(22-10-6-5-7-11-22)26-19-29(27-13-9-8-12-24(26)27)34(31,32)23-16-14-20(2)15-17-23/h5-19,25H,4H2,1-3H3/b21-18-. The van der Waals surface area contributed by atoms with Crippen molar-refractivity contribution >= 4 is 26.9 Å². The van der Waals surface area contributed by atoms with Gasteiger partial charge in [-0.25, -0.2) is 17.2 Å². The highest BCUT2D eigenvalue weighted by molar-refractivity contribution is 7.90. The summed E-state index contributed by atoms with van der Waals surface area (Å²) >= 11 is 0. The minimum atomic E-state index is -3.83. The van der Waals surface area contributed by atoms with Crippen LogP contribution in [-0.2, 0) is 19.6 Å². The second-order valence-corrected chi connectivity index (χ2v) is 9.99. The number of aryl methyl sites for hydroxylation is 1. The van der Waals surface area contributed by atoms with Gasteiger partial charge in [0.25, 0.3) is 10.0 Å². The molecule has 1 unspecified atom stereocenters. The molecule has 0 spiro atoms. The molecule has 0 aliphatic rings. The first-order valence-electron chi connectivity index (χ1n) is 11.2. The van der Waals surface area contributed by atoms with Crippen LogP contribution in [-0.4, -0.2) is 25.0 Å². The van der Waals surface area contributed by atoms with Gasteiger partial charge in [0.1, 0.15) is 0 Å². The van der Waals surface area contributed by atoms with Crippen molar-refractivity contribution in [2.75, 3.05) is 6.61 Å². The fourth-order valence-corrected chi connectivity index (χ4v) is 5.41. The molecule has 0 fully saturated rings. The van der Waals surface area contributed by atoms with Crippen molar-refractivity contribution < 1.29 is 17.9 Å². The highest BCUT2D eigenvalue weighted by atomic mass is 32.2. The molecule has 3 aromatic carbocycles. The van der Waals surface area contributed by atoms with E-state index in [1.165, 1.54) is 3.97 Å². The number of hydrogen-bond acceptors (Lipinski definition) is 4. The van der Waals surface area contributed by atoms with Crippen LogP contribution in [0.2, 0.25) is 0 Å². The van der Waals surface area contributed by atoms with Crippen molar-refractivity contribution in [3.05, 3.63) is 113 Å². The lowest BCUT2D eigenvalue weighted by atomic mass is 9.89. The number of benzene rings is 3. The maximum Gasteiger partial charge on any atom is 0.333 e. The van der Waals surface area contributed by atoms with E-state index in [9.17, 15) is 13.2 Å². The molecule has 1 atom stereocenters. The number of nitrogens with zero attached hydrogens (tertiary/aromatic N) is 1. The number of carbonyl (C=O) groups excluding carboxylic acids is 1. The number of aromatic nitrogens is 1. The molecule has 0 aliphatic heterocycles. The molecular formula is C28H27NO4S. The summed E-state index contributed by atoms with van der Waals surface area (Å²) in [6.45, 7) is 5.69. The summed E-state index contributed by atoms with van der Waals surface area (Å²) < 4.78 is 33.8. The molecule has 0 N–H and O–H groups in total. The average Bonchev–Trinajstić information content (AvgIpc) is 3.24. The van der Waals surface area contributed by atoms with Crippen molar-refractivity contribution in [3.8, 4) is 0 Å². The number of esters is 1. The van der Waals surface area contributed by atoms with Gasteiger partial charge in [-0.05, 0) is 50.1 Å². The summed E-state index contributed by atoms with van der Waals surface area (Å²) in [5, 5.41) is 0.806. The van der Waals surface area contributed by atoms with Gasteiger partial charge in [0.2, 0.25) is 0 Å². The van der Waals surface area contributed by atoms with E-state index in [0.717, 1.165) is 22.1 Å². The first-order chi connectivity index (χ1) is 16.3. The quantitative estimate of drug-likeness (QED) is 0.250. The van der Waals surface area contributed by atoms with Gasteiger partial charge >= 0.3 is 5.97 Å². The molecule has 6 heteroatoms. The molecule has 174 valence electrons. The lowest BCUT2D eigenvalue weighted by molar-refractivity contribution is -0.138. The van der Waals surface area contributed by atoms with Gasteiger partial charge in [-0.15, -0.1) is 0 Å². The summed E-state index contributed by atoms with van der Waals surface area (Å²) in [6.07, 6.45) is 3.52. The van der Waals surface area contributed by atoms with E-state index in [4.69, 9.17) is 4.74 Å². The Morgan fingerprint density at radius 2 is 1.62 bits per heavy atom. The Balaban J connectivity index is 1.94. The fourth-order valence-electron chi connectivity index (χ4n) is 4.03. The zero-order valence-corrected chi connectivity index (χ0v) is 20.2. The summed E-state index contributed by atoms with van der Waals surface area (Å²) in [6, 6.07) is 24.0. The molecule has 0 saturated carbocycles. The number of carbonyl (C=O) groups is 1. The second kappa shape index (κ2) is 9.69. The zero-order chi connectivity index (χ0) is 24.3. The van der Waals surface area contributed by atoms with Gasteiger partial charge < -0.3 is 4.74 Å². The molecule has 0 saturated heterocycles. The molecule has 0 aliphatic carbocycles. The number of ether oxygens (including phenoxy) is 1. The Morgan fingerprint density at radius 1 is 0.971 bits per heavy atom. The highest BCUT2D eigenvalue weighted by Gasteiger charge is 2.25. The Morgan fingerprint density at radius 3 is 2.29 bits per heavy atom. The van der Waals surface area contributed by atoms with Crippen LogP contribution in [0.3, 0.4) is 0 Å². The van der Waals surface area contributed by atoms with Crippen LogP contribution >= 0.6 is 0 Å². The van der Waals surface area contributed by atoms with Crippen LogP contribution in [0.1, 0.15) is 36.5 Å². The molecule has 1 aromatic heterocycles. The first-order valence-corrected chi connectivity index (χ1v) is 12.6. The highest BCUT2D eigenvalue weighted by Crippen LogP contribution is 2.36. The van der Waals surface area contributed by atoms with E-state index >= 15 is 0 Å². The zero-order valence-electron chi connectivity index (χ0n) is 19.4. The minimum Gasteiger partial charge on any atom is -0.463 e. The van der Waals surface area contributed by atoms with E-state index in [0.29, 0.717) is 11.1 Å². The molecule has 5 nitrogen and oxygen atoms in total. The Bertz CT molecular complexity index is 1450. The van der Waals surface area contributed by atoms with Gasteiger partial charge in [-0.2, -0.15) is 0 Å². The number of rotatable bonds is 7. The summed E-state index contributed by atoms with van der Waals surface area (Å²) in [7, 11) is -3.83. The predicted molar refractivity (Wildman–Crippen MR) is 134 cm³/mol. The Hall–Kier alpha value is -3.64. The van der Waals surface area contributed by atoms with Gasteiger partial charge in [-0.3, -0.25) is 0 Å². The van der Waals surface area contributed by atoms with Gasteiger partial charge in [0.15, 0.2) is 0 Å². The molecule has 0 bridgehead atoms. The third-order valence-corrected chi connectivity index (χ3v) is 7.48. The summed E-state index contributed by atoms with van der Waals surface area (Å²) in [5.41, 5.74) is 3.78. The lowest BCUT2D eigenvalue weighted by Gasteiger charge is -2.15. The van der Waals surface area contributed by atoms with Crippen molar-refractivity contribution in [2.45, 2.75) is 31.6 Å². The van der Waals surface area contributed by atoms with Crippen LogP contribution < -0.4 is 0 Å². The maximum absolute atomic E-state index is 13.6. The van der Waals surface area contributed by atoms with Crippen molar-refractivity contribution in [1.82, 2.24) is 3.97 Å². The average molecular weight is 474 g/mol. The largest absolute Gasteiger partial charge is 0.463 e. The number of fused-ring (bicyclic) bond motifs is 1. The third kappa shape index (κ3) is 4.54. The molecule has 4 rings (SSSR count). The third-order valence-electron chi connectivity index (χ3n) is 5.79. The number of para-hydroxylation sites is 1. The minimum absolute atomic E-state index is 0.222. The van der Waals surface area contributed by atoms with E-state index in [1.807, 2.05) is 61.5 Å². The van der Waals surface area contributed by atoms with Crippen LogP contribution in [0.25, 0.3) is 10.9 Å². The molecule has 1 heterocycles. The van der Waals surface area contributed by atoms with E-state index in [2.05, 4.69) is 0 Å². The monoisotopic (exact) mass is 473 g/mol. The molecule has 34 heavy (non-hydrogen) atoms. The normalized spacial score (nSPS) is 13.1. The Labute approximate surface area is 200 Å². The van der Waals surface area contributed by atoms with E-state index < -0.39 is 10.0 Å². The van der Waals surface area contributed by atoms with Crippen molar-refractivity contribution in [2.24, 2.45) is 0 Å². The number of hydrogen-bond donors (Lipinski definition) is 0. The molecule has 4 aromatic rings. The topological polar surface area (TPSA) is 65.4 Å². The van der Waals surface area contributed by atoms with Crippen LogP contribution in [0.4, 0.5) is 0 Å². The number of allylic oxidation sites excluding steroid dienone is 1. The molecule has 0 amide bonds. The van der Waals surface area contributed by atoms with Gasteiger partial charge in [0.05, 0.1) is 17.0 Å². The second-order valence-electron chi connectivity index (χ2n) is 8.17. The summed E-state index contributed by atoms with van der Waals surface area (Å²) in [5.74, 6) is -0.732. The predicted octanol–water partition coefficient (Wildman–Crippen LogP) is 5.83. The SMILES string of the molecule is CCOC(=O)/C(C)=C\C(c1ccccc1)c1cn(S(=O)(=O)c2ccc(C)cc2)c2ccccc12.